The predicted octanol–water partition coefficient (Wildman–Crippen LogP) is 13.2. The van der Waals surface area contributed by atoms with Crippen LogP contribution in [0, 0.1) is 0 Å². The van der Waals surface area contributed by atoms with E-state index in [0.717, 1.165) is 67.4 Å². The molecule has 0 spiro atoms. The molecule has 8 aromatic carbocycles. The minimum atomic E-state index is 0.852. The Kier molecular flexibility index (Phi) is 7.77. The van der Waals surface area contributed by atoms with Crippen molar-refractivity contribution in [1.29, 1.82) is 0 Å². The first kappa shape index (κ1) is 31.4. The number of benzene rings is 8. The van der Waals surface area contributed by atoms with Gasteiger partial charge < -0.3 is 9.47 Å². The molecule has 0 aliphatic heterocycles. The van der Waals surface area contributed by atoms with Gasteiger partial charge in [0.25, 0.3) is 0 Å². The summed E-state index contributed by atoms with van der Waals surface area (Å²) in [6.07, 6.45) is 0. The molecule has 0 unspecified atom stereocenters. The number of hydrogen-bond acceptors (Lipinski definition) is 3. The summed E-state index contributed by atoms with van der Waals surface area (Å²) < 4.78 is 2.36. The molecule has 0 atom stereocenters. The van der Waals surface area contributed by atoms with Gasteiger partial charge in [-0.3, -0.25) is 0 Å². The summed E-state index contributed by atoms with van der Waals surface area (Å²) in [5, 5.41) is 2.43. The summed E-state index contributed by atoms with van der Waals surface area (Å²) in [5.41, 5.74) is 14.5. The van der Waals surface area contributed by atoms with Crippen molar-refractivity contribution < 1.29 is 0 Å². The number of hydrogen-bond donors (Lipinski definition) is 0. The molecule has 254 valence electrons. The molecule has 0 amide bonds. The van der Waals surface area contributed by atoms with E-state index in [0.29, 0.717) is 0 Å². The molecule has 10 aromatic rings. The second-order valence-electron chi connectivity index (χ2n) is 13.4. The second kappa shape index (κ2) is 13.4. The quantitative estimate of drug-likeness (QED) is 0.167. The van der Waals surface area contributed by atoms with Crippen LogP contribution in [0.15, 0.2) is 206 Å². The number of nitrogens with zero attached hydrogens (tertiary/aromatic N) is 4. The molecular formula is C50H34N4. The summed E-state index contributed by atoms with van der Waals surface area (Å²) in [6, 6.07) is 72.5. The number of aromatic nitrogens is 3. The third-order valence-electron chi connectivity index (χ3n) is 10.2. The molecule has 0 aliphatic rings. The van der Waals surface area contributed by atoms with E-state index in [1.807, 2.05) is 24.3 Å². The highest BCUT2D eigenvalue weighted by Crippen LogP contribution is 2.42. The van der Waals surface area contributed by atoms with Gasteiger partial charge in [-0.15, -0.1) is 0 Å². The lowest BCUT2D eigenvalue weighted by molar-refractivity contribution is 1.18. The summed E-state index contributed by atoms with van der Waals surface area (Å²) in [5.74, 6) is 0. The minimum absolute atomic E-state index is 0.852. The molecule has 0 N–H and O–H groups in total. The number of para-hydroxylation sites is 5. The third-order valence-corrected chi connectivity index (χ3v) is 10.2. The fraction of sp³-hybridized carbons (Fsp3) is 0. The lowest BCUT2D eigenvalue weighted by atomic mass is 9.94. The zero-order valence-electron chi connectivity index (χ0n) is 29.4. The van der Waals surface area contributed by atoms with E-state index in [-0.39, 0.29) is 0 Å². The van der Waals surface area contributed by atoms with Gasteiger partial charge in [-0.2, -0.15) is 0 Å². The van der Waals surface area contributed by atoms with Crippen LogP contribution < -0.4 is 4.90 Å². The van der Waals surface area contributed by atoms with Crippen molar-refractivity contribution in [3.63, 3.8) is 0 Å². The van der Waals surface area contributed by atoms with Crippen molar-refractivity contribution in [1.82, 2.24) is 14.5 Å². The third kappa shape index (κ3) is 5.49. The van der Waals surface area contributed by atoms with Crippen LogP contribution in [-0.2, 0) is 0 Å². The molecule has 54 heavy (non-hydrogen) atoms. The zero-order valence-corrected chi connectivity index (χ0v) is 29.4. The molecule has 2 aromatic heterocycles. The maximum atomic E-state index is 5.26. The van der Waals surface area contributed by atoms with Crippen LogP contribution in [0.1, 0.15) is 0 Å². The summed E-state index contributed by atoms with van der Waals surface area (Å²) in [4.78, 5) is 12.9. The van der Waals surface area contributed by atoms with Crippen LogP contribution in [0.4, 0.5) is 17.1 Å². The molecule has 4 nitrogen and oxygen atoms in total. The molecule has 0 radical (unpaired) electrons. The smallest absolute Gasteiger partial charge is 0.0979 e. The summed E-state index contributed by atoms with van der Waals surface area (Å²) in [7, 11) is 0. The molecule has 0 aliphatic carbocycles. The van der Waals surface area contributed by atoms with E-state index >= 15 is 0 Å². The number of rotatable bonds is 7. The predicted molar refractivity (Wildman–Crippen MR) is 225 cm³/mol. The average Bonchev–Trinajstić information content (AvgIpc) is 3.58. The van der Waals surface area contributed by atoms with Crippen molar-refractivity contribution in [2.75, 3.05) is 4.90 Å². The Hall–Kier alpha value is -7.30. The van der Waals surface area contributed by atoms with E-state index < -0.39 is 0 Å². The van der Waals surface area contributed by atoms with Gasteiger partial charge in [0.2, 0.25) is 0 Å². The van der Waals surface area contributed by atoms with Gasteiger partial charge in [-0.1, -0.05) is 133 Å². The van der Waals surface area contributed by atoms with E-state index in [1.54, 1.807) is 0 Å². The Morgan fingerprint density at radius 1 is 0.352 bits per heavy atom. The normalized spacial score (nSPS) is 11.3. The van der Waals surface area contributed by atoms with Crippen molar-refractivity contribution in [2.24, 2.45) is 0 Å². The van der Waals surface area contributed by atoms with Crippen LogP contribution >= 0.6 is 0 Å². The molecular weight excluding hydrogens is 657 g/mol. The number of fused-ring (bicyclic) bond motifs is 4. The highest BCUT2D eigenvalue weighted by Gasteiger charge is 2.20. The lowest BCUT2D eigenvalue weighted by Crippen LogP contribution is -2.09. The minimum Gasteiger partial charge on any atom is -0.310 e. The Bertz CT molecular complexity index is 2920. The van der Waals surface area contributed by atoms with Gasteiger partial charge in [0, 0.05) is 44.6 Å². The highest BCUT2D eigenvalue weighted by atomic mass is 15.1. The largest absolute Gasteiger partial charge is 0.310 e. The second-order valence-corrected chi connectivity index (χ2v) is 13.4. The SMILES string of the molecule is c1ccc(-c2ccccc2-c2nc3ccccc3nc2-c2ccc(N(c3ccccc3)c3ccc4c(c3)c3ccccc3n4-c3ccccc3)cc2)cc1. The maximum Gasteiger partial charge on any atom is 0.0979 e. The van der Waals surface area contributed by atoms with Crippen LogP contribution in [0.5, 0.6) is 0 Å². The molecule has 0 saturated heterocycles. The van der Waals surface area contributed by atoms with Gasteiger partial charge in [0.1, 0.15) is 0 Å². The van der Waals surface area contributed by atoms with Gasteiger partial charge in [0.05, 0.1) is 33.5 Å². The molecule has 2 heterocycles. The fourth-order valence-electron chi connectivity index (χ4n) is 7.70. The van der Waals surface area contributed by atoms with Crippen LogP contribution in [-0.4, -0.2) is 14.5 Å². The van der Waals surface area contributed by atoms with Gasteiger partial charge in [-0.05, 0) is 83.9 Å². The maximum absolute atomic E-state index is 5.26. The monoisotopic (exact) mass is 690 g/mol. The van der Waals surface area contributed by atoms with E-state index in [4.69, 9.17) is 9.97 Å². The first-order valence-corrected chi connectivity index (χ1v) is 18.3. The first-order chi connectivity index (χ1) is 26.8. The standard InChI is InChI=1S/C50H34N4/c1-4-16-35(17-5-1)41-22-10-11-24-43(41)50-49(51-45-25-13-14-26-46(45)52-50)36-28-30-39(31-29-36)53(37-18-6-2-7-19-37)40-32-33-48-44(34-40)42-23-12-15-27-47(42)54(48)38-20-8-3-9-21-38/h1-34H. The van der Waals surface area contributed by atoms with E-state index in [2.05, 4.69) is 191 Å². The fourth-order valence-corrected chi connectivity index (χ4v) is 7.70. The Balaban J connectivity index is 1.12. The van der Waals surface area contributed by atoms with Gasteiger partial charge in [0.15, 0.2) is 0 Å². The Morgan fingerprint density at radius 3 is 1.63 bits per heavy atom. The van der Waals surface area contributed by atoms with Crippen LogP contribution in [0.2, 0.25) is 0 Å². The lowest BCUT2D eigenvalue weighted by Gasteiger charge is -2.26. The van der Waals surface area contributed by atoms with Crippen molar-refractivity contribution in [3.05, 3.63) is 206 Å². The molecule has 4 heteroatoms. The van der Waals surface area contributed by atoms with Crippen molar-refractivity contribution >= 4 is 49.9 Å². The highest BCUT2D eigenvalue weighted by molar-refractivity contribution is 6.10. The van der Waals surface area contributed by atoms with Gasteiger partial charge in [-0.25, -0.2) is 9.97 Å². The summed E-state index contributed by atoms with van der Waals surface area (Å²) >= 11 is 0. The average molecular weight is 691 g/mol. The summed E-state index contributed by atoms with van der Waals surface area (Å²) in [6.45, 7) is 0. The Labute approximate surface area is 313 Å². The molecule has 0 bridgehead atoms. The molecule has 0 fully saturated rings. The molecule has 10 rings (SSSR count). The number of anilines is 3. The Morgan fingerprint density at radius 2 is 0.889 bits per heavy atom. The van der Waals surface area contributed by atoms with Gasteiger partial charge >= 0.3 is 0 Å². The van der Waals surface area contributed by atoms with E-state index in [1.165, 1.54) is 21.8 Å². The molecule has 0 saturated carbocycles. The zero-order chi connectivity index (χ0) is 35.8. The van der Waals surface area contributed by atoms with Crippen LogP contribution in [0.25, 0.3) is 72.2 Å². The van der Waals surface area contributed by atoms with Crippen LogP contribution in [0.3, 0.4) is 0 Å². The van der Waals surface area contributed by atoms with E-state index in [9.17, 15) is 0 Å². The first-order valence-electron chi connectivity index (χ1n) is 18.3. The van der Waals surface area contributed by atoms with Crippen molar-refractivity contribution in [3.8, 4) is 39.3 Å². The van der Waals surface area contributed by atoms with Crippen molar-refractivity contribution in [2.45, 2.75) is 0 Å². The topological polar surface area (TPSA) is 34.0 Å².